The number of carbonyl (C=O) groups is 2. The van der Waals surface area contributed by atoms with Gasteiger partial charge in [0, 0.05) is 32.6 Å². The maximum absolute atomic E-state index is 12.6. The minimum atomic E-state index is -0.248. The van der Waals surface area contributed by atoms with Crippen LogP contribution in [0.15, 0.2) is 34.9 Å². The van der Waals surface area contributed by atoms with Crippen LogP contribution in [0.25, 0.3) is 0 Å². The summed E-state index contributed by atoms with van der Waals surface area (Å²) in [6.45, 7) is 6.22. The van der Waals surface area contributed by atoms with Gasteiger partial charge in [0.2, 0.25) is 11.7 Å². The number of nitrogens with zero attached hydrogens (tertiary/aromatic N) is 4. The molecule has 1 aromatic carbocycles. The van der Waals surface area contributed by atoms with Gasteiger partial charge in [-0.3, -0.25) is 14.5 Å². The minimum absolute atomic E-state index is 0.0506. The number of hydrogen-bond acceptors (Lipinski definition) is 5. The summed E-state index contributed by atoms with van der Waals surface area (Å²) in [5.41, 5.74) is 2.63. The second kappa shape index (κ2) is 8.37. The van der Waals surface area contributed by atoms with Gasteiger partial charge in [0.1, 0.15) is 6.54 Å². The van der Waals surface area contributed by atoms with E-state index >= 15 is 0 Å². The molecule has 3 heterocycles. The zero-order valence-electron chi connectivity index (χ0n) is 17.1. The van der Waals surface area contributed by atoms with Gasteiger partial charge in [0.05, 0.1) is 6.20 Å². The first-order valence-electron chi connectivity index (χ1n) is 10.3. The third kappa shape index (κ3) is 4.50. The lowest BCUT2D eigenvalue weighted by molar-refractivity contribution is -0.133. The molecule has 2 fully saturated rings. The van der Waals surface area contributed by atoms with E-state index in [4.69, 9.17) is 4.42 Å². The van der Waals surface area contributed by atoms with Crippen LogP contribution in [0, 0.1) is 6.92 Å². The number of rotatable bonds is 4. The number of aromatic nitrogens is 1. The summed E-state index contributed by atoms with van der Waals surface area (Å²) >= 11 is 0. The lowest BCUT2D eigenvalue weighted by atomic mass is 9.96. The third-order valence-electron chi connectivity index (χ3n) is 5.90. The van der Waals surface area contributed by atoms with Gasteiger partial charge in [-0.05, 0) is 38.4 Å². The highest BCUT2D eigenvalue weighted by Crippen LogP contribution is 2.28. The number of aryl methyl sites for hydroxylation is 1. The average Bonchev–Trinajstić information content (AvgIpc) is 3.20. The van der Waals surface area contributed by atoms with Crippen LogP contribution in [0.4, 0.5) is 0 Å². The van der Waals surface area contributed by atoms with Gasteiger partial charge >= 0.3 is 0 Å². The summed E-state index contributed by atoms with van der Waals surface area (Å²) in [5.74, 6) is 0.815. The van der Waals surface area contributed by atoms with E-state index in [-0.39, 0.29) is 30.0 Å². The van der Waals surface area contributed by atoms with Gasteiger partial charge in [0.15, 0.2) is 5.89 Å². The van der Waals surface area contributed by atoms with Crippen molar-refractivity contribution in [3.63, 3.8) is 0 Å². The van der Waals surface area contributed by atoms with E-state index in [1.807, 2.05) is 0 Å². The number of piperazine rings is 1. The molecule has 0 N–H and O–H groups in total. The summed E-state index contributed by atoms with van der Waals surface area (Å²) < 4.78 is 5.82. The molecule has 154 valence electrons. The quantitative estimate of drug-likeness (QED) is 0.793. The van der Waals surface area contributed by atoms with Gasteiger partial charge in [-0.15, -0.1) is 0 Å². The summed E-state index contributed by atoms with van der Waals surface area (Å²) in [4.78, 5) is 34.5. The first-order chi connectivity index (χ1) is 14.0. The predicted molar refractivity (Wildman–Crippen MR) is 108 cm³/mol. The van der Waals surface area contributed by atoms with Gasteiger partial charge in [-0.1, -0.05) is 29.8 Å². The topological polar surface area (TPSA) is 69.9 Å². The SMILES string of the molecule is Cc1cccc(CN2CCC(c3ncc(C(=O)N4CCN(C)C(=O)C4)o3)CC2)c1. The van der Waals surface area contributed by atoms with E-state index in [0.717, 1.165) is 32.5 Å². The predicted octanol–water partition coefficient (Wildman–Crippen LogP) is 2.28. The Hall–Kier alpha value is -2.67. The van der Waals surface area contributed by atoms with E-state index in [9.17, 15) is 9.59 Å². The first kappa shape index (κ1) is 19.6. The molecule has 0 aliphatic carbocycles. The van der Waals surface area contributed by atoms with E-state index in [1.54, 1.807) is 11.9 Å². The first-order valence-corrected chi connectivity index (χ1v) is 10.3. The summed E-state index contributed by atoms with van der Waals surface area (Å²) in [5, 5.41) is 0. The molecule has 2 aromatic rings. The number of piperidine rings is 1. The van der Waals surface area contributed by atoms with Crippen molar-refractivity contribution in [3.8, 4) is 0 Å². The Bertz CT molecular complexity index is 886. The van der Waals surface area contributed by atoms with Crippen LogP contribution in [0.3, 0.4) is 0 Å². The number of oxazole rings is 1. The maximum atomic E-state index is 12.6. The van der Waals surface area contributed by atoms with Gasteiger partial charge in [0.25, 0.3) is 5.91 Å². The van der Waals surface area contributed by atoms with Crippen LogP contribution in [0.5, 0.6) is 0 Å². The van der Waals surface area contributed by atoms with Crippen molar-refractivity contribution >= 4 is 11.8 Å². The van der Waals surface area contributed by atoms with E-state index in [1.165, 1.54) is 22.2 Å². The lowest BCUT2D eigenvalue weighted by Crippen LogP contribution is -2.50. The smallest absolute Gasteiger partial charge is 0.291 e. The standard InChI is InChI=1S/C22H28N4O3/c1-16-4-3-5-17(12-16)14-25-8-6-18(7-9-25)21-23-13-19(29-21)22(28)26-11-10-24(2)20(27)15-26/h3-5,12-13,18H,6-11,14-15H2,1-2H3. The highest BCUT2D eigenvalue weighted by molar-refractivity contribution is 5.94. The molecule has 2 aliphatic rings. The molecule has 2 amide bonds. The second-order valence-electron chi connectivity index (χ2n) is 8.14. The van der Waals surface area contributed by atoms with Crippen LogP contribution in [0.1, 0.15) is 46.3 Å². The molecule has 2 aliphatic heterocycles. The Balaban J connectivity index is 1.32. The molecule has 0 saturated carbocycles. The van der Waals surface area contributed by atoms with Crippen LogP contribution in [-0.2, 0) is 11.3 Å². The Kier molecular flexibility index (Phi) is 5.67. The highest BCUT2D eigenvalue weighted by atomic mass is 16.4. The molecule has 7 heteroatoms. The summed E-state index contributed by atoms with van der Waals surface area (Å²) in [6.07, 6.45) is 3.44. The van der Waals surface area contributed by atoms with Crippen LogP contribution >= 0.6 is 0 Å². The van der Waals surface area contributed by atoms with Crippen molar-refractivity contribution in [1.82, 2.24) is 19.7 Å². The Morgan fingerprint density at radius 3 is 2.72 bits per heavy atom. The maximum Gasteiger partial charge on any atom is 0.291 e. The minimum Gasteiger partial charge on any atom is -0.435 e. The molecule has 0 unspecified atom stereocenters. The molecule has 0 atom stereocenters. The molecule has 29 heavy (non-hydrogen) atoms. The van der Waals surface area contributed by atoms with E-state index in [0.29, 0.717) is 19.0 Å². The fourth-order valence-corrected chi connectivity index (χ4v) is 4.07. The largest absolute Gasteiger partial charge is 0.435 e. The molecule has 0 spiro atoms. The van der Waals surface area contributed by atoms with Crippen molar-refractivity contribution in [1.29, 1.82) is 0 Å². The van der Waals surface area contributed by atoms with Crippen molar-refractivity contribution in [2.24, 2.45) is 0 Å². The number of likely N-dealkylation sites (N-methyl/N-ethyl adjacent to an activating group) is 1. The molecular weight excluding hydrogens is 368 g/mol. The normalized spacial score (nSPS) is 19.0. The van der Waals surface area contributed by atoms with Crippen LogP contribution in [0.2, 0.25) is 0 Å². The molecular formula is C22H28N4O3. The second-order valence-corrected chi connectivity index (χ2v) is 8.14. The van der Waals surface area contributed by atoms with Crippen molar-refractivity contribution in [3.05, 3.63) is 53.2 Å². The van der Waals surface area contributed by atoms with Crippen molar-refractivity contribution in [2.45, 2.75) is 32.2 Å². The number of hydrogen-bond donors (Lipinski definition) is 0. The van der Waals surface area contributed by atoms with Gasteiger partial charge in [-0.2, -0.15) is 0 Å². The Morgan fingerprint density at radius 1 is 1.21 bits per heavy atom. The molecule has 7 nitrogen and oxygen atoms in total. The van der Waals surface area contributed by atoms with Crippen LogP contribution in [-0.4, -0.2) is 71.3 Å². The number of carbonyl (C=O) groups excluding carboxylic acids is 2. The number of likely N-dealkylation sites (tertiary alicyclic amines) is 1. The molecule has 2 saturated heterocycles. The van der Waals surface area contributed by atoms with Crippen molar-refractivity contribution < 1.29 is 14.0 Å². The molecule has 1 aromatic heterocycles. The fraction of sp³-hybridized carbons (Fsp3) is 0.500. The van der Waals surface area contributed by atoms with Crippen LogP contribution < -0.4 is 0 Å². The molecule has 4 rings (SSSR count). The van der Waals surface area contributed by atoms with Gasteiger partial charge < -0.3 is 14.2 Å². The van der Waals surface area contributed by atoms with E-state index in [2.05, 4.69) is 41.1 Å². The Morgan fingerprint density at radius 2 is 2.00 bits per heavy atom. The molecule has 0 radical (unpaired) electrons. The lowest BCUT2D eigenvalue weighted by Gasteiger charge is -2.31. The number of amides is 2. The van der Waals surface area contributed by atoms with Gasteiger partial charge in [-0.25, -0.2) is 4.98 Å². The monoisotopic (exact) mass is 396 g/mol. The summed E-state index contributed by atoms with van der Waals surface area (Å²) in [7, 11) is 1.75. The third-order valence-corrected chi connectivity index (χ3v) is 5.90. The summed E-state index contributed by atoms with van der Waals surface area (Å²) in [6, 6.07) is 8.64. The number of benzene rings is 1. The zero-order chi connectivity index (χ0) is 20.4. The highest BCUT2D eigenvalue weighted by Gasteiger charge is 2.30. The zero-order valence-corrected chi connectivity index (χ0v) is 17.1. The average molecular weight is 396 g/mol. The van der Waals surface area contributed by atoms with Crippen molar-refractivity contribution in [2.75, 3.05) is 39.8 Å². The fourth-order valence-electron chi connectivity index (χ4n) is 4.07. The Labute approximate surface area is 171 Å². The van der Waals surface area contributed by atoms with E-state index < -0.39 is 0 Å². The molecule has 0 bridgehead atoms.